The maximum absolute atomic E-state index is 12.4. The van der Waals surface area contributed by atoms with Crippen LogP contribution in [0, 0.1) is 0 Å². The molecule has 28 heavy (non-hydrogen) atoms. The maximum atomic E-state index is 12.4. The van der Waals surface area contributed by atoms with E-state index in [9.17, 15) is 14.4 Å². The number of amides is 2. The maximum Gasteiger partial charge on any atom is 0.326 e. The molecule has 2 rings (SSSR count). The Bertz CT molecular complexity index is 805. The number of methoxy groups -OCH3 is 1. The minimum absolute atomic E-state index is 0.321. The van der Waals surface area contributed by atoms with Crippen LogP contribution in [0.2, 0.25) is 0 Å². The van der Waals surface area contributed by atoms with Gasteiger partial charge in [0.25, 0.3) is 11.8 Å². The van der Waals surface area contributed by atoms with Gasteiger partial charge in [-0.05, 0) is 36.8 Å². The summed E-state index contributed by atoms with van der Waals surface area (Å²) in [6.45, 7) is 1.59. The molecular formula is C21H24N2O5. The normalized spacial score (nSPS) is 11.2. The van der Waals surface area contributed by atoms with Crippen LogP contribution >= 0.6 is 0 Å². The Morgan fingerprint density at radius 2 is 1.68 bits per heavy atom. The van der Waals surface area contributed by atoms with Crippen molar-refractivity contribution in [3.63, 3.8) is 0 Å². The van der Waals surface area contributed by atoms with Crippen LogP contribution in [-0.2, 0) is 20.9 Å². The van der Waals surface area contributed by atoms with Gasteiger partial charge in [0, 0.05) is 19.2 Å². The standard InChI is InChI=1S/C21H24N2O5/c1-15(21(26)23(2)14-16-7-5-4-6-8-16)28-19(24)13-22-20(25)17-9-11-18(27-3)12-10-17/h4-12,15H,13-14H2,1-3H3,(H,22,25). The quantitative estimate of drug-likeness (QED) is 0.704. The largest absolute Gasteiger partial charge is 0.497 e. The number of hydrogen-bond donors (Lipinski definition) is 1. The lowest BCUT2D eigenvalue weighted by atomic mass is 10.2. The van der Waals surface area contributed by atoms with Crippen LogP contribution in [-0.4, -0.2) is 49.5 Å². The number of carbonyl (C=O) groups excluding carboxylic acids is 3. The van der Waals surface area contributed by atoms with Gasteiger partial charge in [-0.25, -0.2) is 0 Å². The Labute approximate surface area is 164 Å². The third kappa shape index (κ3) is 6.12. The third-order valence-corrected chi connectivity index (χ3v) is 4.04. The van der Waals surface area contributed by atoms with Crippen molar-refractivity contribution in [3.8, 4) is 5.75 Å². The highest BCUT2D eigenvalue weighted by Crippen LogP contribution is 2.11. The molecule has 1 atom stereocenters. The zero-order valence-corrected chi connectivity index (χ0v) is 16.2. The monoisotopic (exact) mass is 384 g/mol. The third-order valence-electron chi connectivity index (χ3n) is 4.04. The molecule has 1 N–H and O–H groups in total. The molecule has 1 unspecified atom stereocenters. The van der Waals surface area contributed by atoms with Crippen LogP contribution in [0.5, 0.6) is 5.75 Å². The highest BCUT2D eigenvalue weighted by atomic mass is 16.5. The van der Waals surface area contributed by atoms with Gasteiger partial charge in [-0.2, -0.15) is 0 Å². The van der Waals surface area contributed by atoms with Crippen LogP contribution in [0.1, 0.15) is 22.8 Å². The van der Waals surface area contributed by atoms with Crippen LogP contribution in [0.15, 0.2) is 54.6 Å². The summed E-state index contributed by atoms with van der Waals surface area (Å²) < 4.78 is 10.2. The average molecular weight is 384 g/mol. The molecule has 0 saturated carbocycles. The fraction of sp³-hybridized carbons (Fsp3) is 0.286. The molecule has 0 fully saturated rings. The van der Waals surface area contributed by atoms with Gasteiger partial charge >= 0.3 is 5.97 Å². The molecule has 0 aliphatic heterocycles. The molecule has 0 radical (unpaired) electrons. The second kappa shape index (κ2) is 10.1. The van der Waals surface area contributed by atoms with E-state index in [2.05, 4.69) is 5.32 Å². The van der Waals surface area contributed by atoms with E-state index in [1.165, 1.54) is 18.9 Å². The Morgan fingerprint density at radius 3 is 2.29 bits per heavy atom. The molecule has 0 spiro atoms. The second-order valence-corrected chi connectivity index (χ2v) is 6.22. The van der Waals surface area contributed by atoms with Crippen molar-refractivity contribution in [2.24, 2.45) is 0 Å². The lowest BCUT2D eigenvalue weighted by Gasteiger charge is -2.21. The van der Waals surface area contributed by atoms with Gasteiger partial charge in [0.05, 0.1) is 7.11 Å². The lowest BCUT2D eigenvalue weighted by molar-refractivity contribution is -0.157. The van der Waals surface area contributed by atoms with Crippen molar-refractivity contribution in [2.75, 3.05) is 20.7 Å². The molecule has 0 saturated heterocycles. The summed E-state index contributed by atoms with van der Waals surface area (Å²) in [5.74, 6) is -0.794. The first-order valence-corrected chi connectivity index (χ1v) is 8.81. The molecule has 0 aliphatic rings. The minimum atomic E-state index is -0.945. The number of nitrogens with one attached hydrogen (secondary N) is 1. The van der Waals surface area contributed by atoms with Crippen LogP contribution in [0.4, 0.5) is 0 Å². The summed E-state index contributed by atoms with van der Waals surface area (Å²) in [7, 11) is 3.18. The predicted octanol–water partition coefficient (Wildman–Crippen LogP) is 2.02. The number of ether oxygens (including phenoxy) is 2. The Kier molecular flexibility index (Phi) is 7.56. The second-order valence-electron chi connectivity index (χ2n) is 6.22. The van der Waals surface area contributed by atoms with Crippen molar-refractivity contribution in [2.45, 2.75) is 19.6 Å². The average Bonchev–Trinajstić information content (AvgIpc) is 2.72. The summed E-state index contributed by atoms with van der Waals surface area (Å²) in [6, 6.07) is 16.0. The Morgan fingerprint density at radius 1 is 1.04 bits per heavy atom. The summed E-state index contributed by atoms with van der Waals surface area (Å²) in [4.78, 5) is 37.8. The SMILES string of the molecule is COc1ccc(C(=O)NCC(=O)OC(C)C(=O)N(C)Cc2ccccc2)cc1. The van der Waals surface area contributed by atoms with Gasteiger partial charge in [-0.3, -0.25) is 14.4 Å². The van der Waals surface area contributed by atoms with Gasteiger partial charge in [0.15, 0.2) is 6.10 Å². The molecule has 0 bridgehead atoms. The van der Waals surface area contributed by atoms with E-state index in [1.807, 2.05) is 30.3 Å². The first kappa shape index (κ1) is 21.0. The predicted molar refractivity (Wildman–Crippen MR) is 104 cm³/mol. The molecule has 2 aromatic carbocycles. The van der Waals surface area contributed by atoms with Crippen molar-refractivity contribution < 1.29 is 23.9 Å². The summed E-state index contributed by atoms with van der Waals surface area (Å²) in [6.07, 6.45) is -0.945. The van der Waals surface area contributed by atoms with E-state index in [1.54, 1.807) is 31.3 Å². The van der Waals surface area contributed by atoms with Crippen LogP contribution in [0.3, 0.4) is 0 Å². The number of carbonyl (C=O) groups is 3. The van der Waals surface area contributed by atoms with E-state index >= 15 is 0 Å². The van der Waals surface area contributed by atoms with Crippen molar-refractivity contribution in [1.29, 1.82) is 0 Å². The number of benzene rings is 2. The zero-order chi connectivity index (χ0) is 20.5. The van der Waals surface area contributed by atoms with Gasteiger partial charge in [-0.1, -0.05) is 30.3 Å². The van der Waals surface area contributed by atoms with E-state index in [-0.39, 0.29) is 12.5 Å². The van der Waals surface area contributed by atoms with Crippen LogP contribution in [0.25, 0.3) is 0 Å². The molecular weight excluding hydrogens is 360 g/mol. The highest BCUT2D eigenvalue weighted by molar-refractivity contribution is 5.96. The molecule has 0 aliphatic carbocycles. The Balaban J connectivity index is 1.79. The lowest BCUT2D eigenvalue weighted by Crippen LogP contribution is -2.39. The number of esters is 1. The van der Waals surface area contributed by atoms with Crippen LogP contribution < -0.4 is 10.1 Å². The molecule has 2 aromatic rings. The number of likely N-dealkylation sites (N-methyl/N-ethyl adjacent to an activating group) is 1. The summed E-state index contributed by atoms with van der Waals surface area (Å²) in [5.41, 5.74) is 1.36. The van der Waals surface area contributed by atoms with E-state index < -0.39 is 18.0 Å². The molecule has 7 nitrogen and oxygen atoms in total. The van der Waals surface area contributed by atoms with Gasteiger partial charge < -0.3 is 19.7 Å². The fourth-order valence-electron chi connectivity index (χ4n) is 2.53. The van der Waals surface area contributed by atoms with E-state index in [0.29, 0.717) is 17.9 Å². The fourth-order valence-corrected chi connectivity index (χ4v) is 2.53. The Hall–Kier alpha value is -3.35. The number of nitrogens with zero attached hydrogens (tertiary/aromatic N) is 1. The minimum Gasteiger partial charge on any atom is -0.497 e. The zero-order valence-electron chi connectivity index (χ0n) is 16.2. The summed E-state index contributed by atoms with van der Waals surface area (Å²) in [5, 5.41) is 2.47. The number of hydrogen-bond acceptors (Lipinski definition) is 5. The molecule has 7 heteroatoms. The molecule has 2 amide bonds. The molecule has 148 valence electrons. The van der Waals surface area contributed by atoms with E-state index in [0.717, 1.165) is 5.56 Å². The topological polar surface area (TPSA) is 84.9 Å². The van der Waals surface area contributed by atoms with Crippen molar-refractivity contribution in [1.82, 2.24) is 10.2 Å². The van der Waals surface area contributed by atoms with Crippen molar-refractivity contribution in [3.05, 3.63) is 65.7 Å². The smallest absolute Gasteiger partial charge is 0.326 e. The first-order valence-electron chi connectivity index (χ1n) is 8.81. The van der Waals surface area contributed by atoms with Gasteiger partial charge in [0.2, 0.25) is 0 Å². The molecule has 0 aromatic heterocycles. The molecule has 0 heterocycles. The van der Waals surface area contributed by atoms with E-state index in [4.69, 9.17) is 9.47 Å². The first-order chi connectivity index (χ1) is 13.4. The summed E-state index contributed by atoms with van der Waals surface area (Å²) >= 11 is 0. The van der Waals surface area contributed by atoms with Gasteiger partial charge in [0.1, 0.15) is 12.3 Å². The van der Waals surface area contributed by atoms with Gasteiger partial charge in [-0.15, -0.1) is 0 Å². The number of rotatable bonds is 8. The highest BCUT2D eigenvalue weighted by Gasteiger charge is 2.22. The van der Waals surface area contributed by atoms with Crippen molar-refractivity contribution >= 4 is 17.8 Å².